The number of hydrogen-bond acceptors (Lipinski definition) is 4. The molecule has 0 aliphatic rings. The number of hydrogen-bond donors (Lipinski definition) is 2. The average molecular weight is 374 g/mol. The molecule has 0 fully saturated rings. The highest BCUT2D eigenvalue weighted by Crippen LogP contribution is 2.24. The molecule has 0 aromatic heterocycles. The van der Waals surface area contributed by atoms with E-state index in [0.717, 1.165) is 24.3 Å². The van der Waals surface area contributed by atoms with Crippen LogP contribution in [0, 0.1) is 0 Å². The molecule has 1 atom stereocenters. The van der Waals surface area contributed by atoms with Crippen molar-refractivity contribution < 1.29 is 45.4 Å². The van der Waals surface area contributed by atoms with Crippen molar-refractivity contribution in [3.63, 3.8) is 0 Å². The van der Waals surface area contributed by atoms with E-state index in [1.165, 1.54) is 12.2 Å². The lowest BCUT2D eigenvalue weighted by atomic mass is 10.3. The second kappa shape index (κ2) is 7.94. The number of rotatable bonds is 5. The highest BCUT2D eigenvalue weighted by molar-refractivity contribution is 5.92. The monoisotopic (exact) mass is 374 g/mol. The van der Waals surface area contributed by atoms with E-state index in [1.807, 2.05) is 5.32 Å². The van der Waals surface area contributed by atoms with Gasteiger partial charge in [-0.1, -0.05) is 0 Å². The predicted molar refractivity (Wildman–Crippen MR) is 71.8 cm³/mol. The largest absolute Gasteiger partial charge is 0.573 e. The Bertz CT molecular complexity index is 600. The molecule has 0 radical (unpaired) electrons. The molecule has 0 bridgehead atoms. The average Bonchev–Trinajstić information content (AvgIpc) is 2.44. The van der Waals surface area contributed by atoms with Crippen molar-refractivity contribution in [3.05, 3.63) is 24.3 Å². The Morgan fingerprint density at radius 3 is 2.08 bits per heavy atom. The SMILES string of the molecule is CCOC(=O)[C@@H](NC(=O)Nc1ccc(OC(F)(F)F)cc1)C(F)(F)F. The Morgan fingerprint density at radius 1 is 1.08 bits per heavy atom. The van der Waals surface area contributed by atoms with Gasteiger partial charge in [-0.25, -0.2) is 9.59 Å². The van der Waals surface area contributed by atoms with E-state index >= 15 is 0 Å². The number of amides is 2. The van der Waals surface area contributed by atoms with Gasteiger partial charge in [0.2, 0.25) is 6.04 Å². The second-order valence-electron chi connectivity index (χ2n) is 4.40. The molecule has 1 aromatic carbocycles. The maximum atomic E-state index is 12.7. The predicted octanol–water partition coefficient (Wildman–Crippen LogP) is 3.20. The van der Waals surface area contributed by atoms with Crippen LogP contribution in [-0.2, 0) is 9.53 Å². The van der Waals surface area contributed by atoms with Gasteiger partial charge in [0.05, 0.1) is 6.61 Å². The van der Waals surface area contributed by atoms with Crippen LogP contribution in [0.5, 0.6) is 5.75 Å². The maximum absolute atomic E-state index is 12.7. The number of anilines is 1. The smallest absolute Gasteiger partial charge is 0.464 e. The lowest BCUT2D eigenvalue weighted by molar-refractivity contribution is -0.274. The molecule has 0 aliphatic carbocycles. The van der Waals surface area contributed by atoms with Gasteiger partial charge in [-0.3, -0.25) is 0 Å². The molecule has 0 saturated heterocycles. The van der Waals surface area contributed by atoms with Gasteiger partial charge in [-0.05, 0) is 31.2 Å². The minimum absolute atomic E-state index is 0.128. The van der Waals surface area contributed by atoms with Crippen LogP contribution in [-0.4, -0.2) is 37.2 Å². The van der Waals surface area contributed by atoms with Crippen molar-refractivity contribution in [2.45, 2.75) is 25.5 Å². The fourth-order valence-electron chi connectivity index (χ4n) is 1.54. The number of benzene rings is 1. The molecular weight excluding hydrogens is 362 g/mol. The van der Waals surface area contributed by atoms with E-state index in [0.29, 0.717) is 0 Å². The minimum atomic E-state index is -5.09. The summed E-state index contributed by atoms with van der Waals surface area (Å²) in [6.07, 6.45) is -10.0. The van der Waals surface area contributed by atoms with E-state index < -0.39 is 36.3 Å². The summed E-state index contributed by atoms with van der Waals surface area (Å²) >= 11 is 0. The first kappa shape index (κ1) is 20.4. The number of carbonyl (C=O) groups excluding carboxylic acids is 2. The topological polar surface area (TPSA) is 76.7 Å². The number of esters is 1. The summed E-state index contributed by atoms with van der Waals surface area (Å²) < 4.78 is 82.0. The Kier molecular flexibility index (Phi) is 6.48. The maximum Gasteiger partial charge on any atom is 0.573 e. The Balaban J connectivity index is 2.72. The van der Waals surface area contributed by atoms with Crippen molar-refractivity contribution in [1.82, 2.24) is 5.32 Å². The molecule has 0 unspecified atom stereocenters. The van der Waals surface area contributed by atoms with E-state index in [1.54, 1.807) is 0 Å². The fourth-order valence-corrected chi connectivity index (χ4v) is 1.54. The Hall–Kier alpha value is -2.66. The number of nitrogens with one attached hydrogen (secondary N) is 2. The van der Waals surface area contributed by atoms with E-state index in [-0.39, 0.29) is 12.3 Å². The third-order valence-corrected chi connectivity index (χ3v) is 2.47. The van der Waals surface area contributed by atoms with E-state index in [9.17, 15) is 35.9 Å². The Labute approximate surface area is 137 Å². The van der Waals surface area contributed by atoms with Gasteiger partial charge in [-0.2, -0.15) is 13.2 Å². The normalized spacial score (nSPS) is 12.9. The van der Waals surface area contributed by atoms with Crippen molar-refractivity contribution in [2.24, 2.45) is 0 Å². The lowest BCUT2D eigenvalue weighted by Gasteiger charge is -2.20. The number of ether oxygens (including phenoxy) is 2. The van der Waals surface area contributed by atoms with Crippen LogP contribution in [0.3, 0.4) is 0 Å². The van der Waals surface area contributed by atoms with Crippen LogP contribution in [0.4, 0.5) is 36.8 Å². The first-order valence-corrected chi connectivity index (χ1v) is 6.59. The summed E-state index contributed by atoms with van der Waals surface area (Å²) in [4.78, 5) is 22.8. The van der Waals surface area contributed by atoms with Crippen LogP contribution in [0.15, 0.2) is 24.3 Å². The molecule has 2 N–H and O–H groups in total. The van der Waals surface area contributed by atoms with E-state index in [2.05, 4.69) is 9.47 Å². The summed E-state index contributed by atoms with van der Waals surface area (Å²) in [5, 5.41) is 3.32. The number of halogens is 6. The van der Waals surface area contributed by atoms with Crippen LogP contribution >= 0.6 is 0 Å². The third-order valence-electron chi connectivity index (χ3n) is 2.47. The zero-order chi connectivity index (χ0) is 19.3. The molecule has 25 heavy (non-hydrogen) atoms. The van der Waals surface area contributed by atoms with Crippen molar-refractivity contribution in [3.8, 4) is 5.75 Å². The second-order valence-corrected chi connectivity index (χ2v) is 4.40. The Morgan fingerprint density at radius 2 is 1.64 bits per heavy atom. The van der Waals surface area contributed by atoms with Gasteiger partial charge in [-0.15, -0.1) is 13.2 Å². The minimum Gasteiger partial charge on any atom is -0.464 e. The molecule has 2 amide bonds. The summed E-state index contributed by atoms with van der Waals surface area (Å²) in [5.41, 5.74) is -0.128. The van der Waals surface area contributed by atoms with Crippen LogP contribution in [0.1, 0.15) is 6.92 Å². The zero-order valence-corrected chi connectivity index (χ0v) is 12.5. The summed E-state index contributed by atoms with van der Waals surface area (Å²) in [7, 11) is 0. The molecule has 0 saturated carbocycles. The van der Waals surface area contributed by atoms with Gasteiger partial charge < -0.3 is 20.1 Å². The number of alkyl halides is 6. The van der Waals surface area contributed by atoms with Gasteiger partial charge in [0.15, 0.2) is 0 Å². The van der Waals surface area contributed by atoms with Gasteiger partial charge in [0.25, 0.3) is 0 Å². The molecule has 6 nitrogen and oxygen atoms in total. The first-order valence-electron chi connectivity index (χ1n) is 6.59. The van der Waals surface area contributed by atoms with Gasteiger partial charge in [0, 0.05) is 5.69 Å². The van der Waals surface area contributed by atoms with Crippen molar-refractivity contribution >= 4 is 17.7 Å². The summed E-state index contributed by atoms with van der Waals surface area (Å²) in [6, 6.07) is -0.674. The third kappa shape index (κ3) is 7.18. The molecule has 0 spiro atoms. The number of urea groups is 1. The summed E-state index contributed by atoms with van der Waals surface area (Å²) in [6.45, 7) is 0.964. The molecule has 1 aromatic rings. The lowest BCUT2D eigenvalue weighted by Crippen LogP contribution is -2.52. The standard InChI is InChI=1S/C13H12F6N2O4/c1-2-24-10(22)9(12(14,15)16)21-11(23)20-7-3-5-8(6-4-7)25-13(17,18)19/h3-6,9H,2H2,1H3,(H2,20,21,23)/t9-/m1/s1. The molecular formula is C13H12F6N2O4. The molecule has 12 heteroatoms. The molecule has 140 valence electrons. The highest BCUT2D eigenvalue weighted by atomic mass is 19.4. The van der Waals surface area contributed by atoms with Crippen LogP contribution in [0.2, 0.25) is 0 Å². The fraction of sp³-hybridized carbons (Fsp3) is 0.385. The van der Waals surface area contributed by atoms with Crippen LogP contribution in [0.25, 0.3) is 0 Å². The number of carbonyl (C=O) groups is 2. The molecule has 0 aliphatic heterocycles. The first-order chi connectivity index (χ1) is 11.4. The van der Waals surface area contributed by atoms with Gasteiger partial charge >= 0.3 is 24.5 Å². The molecule has 1 rings (SSSR count). The molecule has 0 heterocycles. The highest BCUT2D eigenvalue weighted by Gasteiger charge is 2.47. The van der Waals surface area contributed by atoms with Crippen molar-refractivity contribution in [2.75, 3.05) is 11.9 Å². The summed E-state index contributed by atoms with van der Waals surface area (Å²) in [5.74, 6) is -2.28. The van der Waals surface area contributed by atoms with E-state index in [4.69, 9.17) is 0 Å². The van der Waals surface area contributed by atoms with Crippen LogP contribution < -0.4 is 15.4 Å². The zero-order valence-electron chi connectivity index (χ0n) is 12.5. The van der Waals surface area contributed by atoms with Gasteiger partial charge in [0.1, 0.15) is 5.75 Å². The quantitative estimate of drug-likeness (QED) is 0.613. The van der Waals surface area contributed by atoms with Crippen molar-refractivity contribution in [1.29, 1.82) is 0 Å².